The Morgan fingerprint density at radius 3 is 1.40 bits per heavy atom. The van der Waals surface area contributed by atoms with Crippen molar-refractivity contribution in [2.45, 2.75) is 19.3 Å². The minimum atomic E-state index is -0.160. The van der Waals surface area contributed by atoms with E-state index in [9.17, 15) is 0 Å². The number of hydrogen-bond acceptors (Lipinski definition) is 0. The van der Waals surface area contributed by atoms with Gasteiger partial charge in [-0.1, -0.05) is 190 Å². The van der Waals surface area contributed by atoms with Gasteiger partial charge in [-0.15, -0.1) is 0 Å². The van der Waals surface area contributed by atoms with Gasteiger partial charge in [0.2, 0.25) is 0 Å². The molecule has 0 heterocycles. The van der Waals surface area contributed by atoms with Gasteiger partial charge in [-0.2, -0.15) is 0 Å². The van der Waals surface area contributed by atoms with Gasteiger partial charge < -0.3 is 0 Å². The van der Waals surface area contributed by atoms with Gasteiger partial charge in [0.25, 0.3) is 0 Å². The molecule has 10 aromatic rings. The maximum Gasteiger partial charge on any atom is 0.0171 e. The van der Waals surface area contributed by atoms with E-state index in [2.05, 4.69) is 196 Å². The first-order valence-electron chi connectivity index (χ1n) is 18.7. The second-order valence-electron chi connectivity index (χ2n) is 15.2. The van der Waals surface area contributed by atoms with Crippen molar-refractivity contribution in [3.63, 3.8) is 0 Å². The maximum atomic E-state index is 2.48. The molecule has 0 saturated heterocycles. The van der Waals surface area contributed by atoms with Crippen LogP contribution in [0.25, 0.3) is 98.4 Å². The maximum absolute atomic E-state index is 2.48. The third kappa shape index (κ3) is 4.30. The van der Waals surface area contributed by atoms with Crippen LogP contribution in [0.2, 0.25) is 0 Å². The highest BCUT2D eigenvalue weighted by Crippen LogP contribution is 2.57. The highest BCUT2D eigenvalue weighted by atomic mass is 14.4. The van der Waals surface area contributed by atoms with Crippen molar-refractivity contribution in [3.8, 4) is 44.5 Å². The molecule has 0 bridgehead atoms. The van der Waals surface area contributed by atoms with E-state index >= 15 is 0 Å². The topological polar surface area (TPSA) is 0 Å². The molecule has 1 aliphatic rings. The Bertz CT molecular complexity index is 3050. The summed E-state index contributed by atoms with van der Waals surface area (Å²) in [6, 6.07) is 67.7. The van der Waals surface area contributed by atoms with Crippen molar-refractivity contribution in [2.75, 3.05) is 0 Å². The van der Waals surface area contributed by atoms with Gasteiger partial charge in [0.05, 0.1) is 0 Å². The largest absolute Gasteiger partial charge is 0.0622 e. The van der Waals surface area contributed by atoms with E-state index < -0.39 is 0 Å². The Morgan fingerprint density at radius 1 is 0.283 bits per heavy atom. The van der Waals surface area contributed by atoms with E-state index in [0.29, 0.717) is 0 Å². The third-order valence-corrected chi connectivity index (χ3v) is 12.0. The van der Waals surface area contributed by atoms with Crippen LogP contribution >= 0.6 is 0 Å². The Hall–Kier alpha value is -6.50. The SMILES string of the molecule is CC1(C)c2c(ccc3ccccc23)-c2c1c1ccc(-c3c4ccccc4c(-c4ccc(-c5ccccc5)cc4)c4ccccc34)cc1c1ccccc21. The Balaban J connectivity index is 1.17. The zero-order valence-electron chi connectivity index (χ0n) is 29.8. The van der Waals surface area contributed by atoms with Crippen molar-refractivity contribution in [1.82, 2.24) is 0 Å². The van der Waals surface area contributed by atoms with Crippen LogP contribution in [0, 0.1) is 0 Å². The van der Waals surface area contributed by atoms with Crippen molar-refractivity contribution >= 4 is 53.9 Å². The van der Waals surface area contributed by atoms with E-state index in [-0.39, 0.29) is 5.41 Å². The summed E-state index contributed by atoms with van der Waals surface area (Å²) in [5.41, 5.74) is 13.0. The summed E-state index contributed by atoms with van der Waals surface area (Å²) >= 11 is 0. The molecule has 248 valence electrons. The lowest BCUT2D eigenvalue weighted by molar-refractivity contribution is 0.672. The van der Waals surface area contributed by atoms with Crippen LogP contribution in [-0.4, -0.2) is 0 Å². The summed E-state index contributed by atoms with van der Waals surface area (Å²) in [6.07, 6.45) is 0. The van der Waals surface area contributed by atoms with Crippen molar-refractivity contribution < 1.29 is 0 Å². The highest BCUT2D eigenvalue weighted by molar-refractivity contribution is 6.24. The van der Waals surface area contributed by atoms with Gasteiger partial charge in [-0.05, 0) is 116 Å². The molecular formula is C53H36. The molecular weight excluding hydrogens is 637 g/mol. The lowest BCUT2D eigenvalue weighted by Gasteiger charge is -2.25. The van der Waals surface area contributed by atoms with E-state index in [4.69, 9.17) is 0 Å². The van der Waals surface area contributed by atoms with Gasteiger partial charge in [-0.3, -0.25) is 0 Å². The number of rotatable bonds is 3. The van der Waals surface area contributed by atoms with Crippen LogP contribution in [0.5, 0.6) is 0 Å². The summed E-state index contributed by atoms with van der Waals surface area (Å²) in [5.74, 6) is 0. The Morgan fingerprint density at radius 2 is 0.755 bits per heavy atom. The monoisotopic (exact) mass is 672 g/mol. The van der Waals surface area contributed by atoms with Crippen LogP contribution in [0.15, 0.2) is 182 Å². The highest BCUT2D eigenvalue weighted by Gasteiger charge is 2.39. The van der Waals surface area contributed by atoms with Crippen LogP contribution in [-0.2, 0) is 5.41 Å². The van der Waals surface area contributed by atoms with Gasteiger partial charge >= 0.3 is 0 Å². The molecule has 0 amide bonds. The first kappa shape index (κ1) is 30.2. The molecule has 1 aliphatic carbocycles. The van der Waals surface area contributed by atoms with Crippen molar-refractivity contribution in [2.24, 2.45) is 0 Å². The fourth-order valence-electron chi connectivity index (χ4n) is 9.76. The molecule has 0 heteroatoms. The molecule has 10 aromatic carbocycles. The molecule has 0 N–H and O–H groups in total. The van der Waals surface area contributed by atoms with Gasteiger partial charge in [0.1, 0.15) is 0 Å². The van der Waals surface area contributed by atoms with Gasteiger partial charge in [0, 0.05) is 5.41 Å². The summed E-state index contributed by atoms with van der Waals surface area (Å²) in [7, 11) is 0. The number of benzene rings is 10. The van der Waals surface area contributed by atoms with Crippen LogP contribution < -0.4 is 0 Å². The molecule has 0 atom stereocenters. The van der Waals surface area contributed by atoms with E-state index in [1.165, 1.54) is 109 Å². The smallest absolute Gasteiger partial charge is 0.0171 e. The van der Waals surface area contributed by atoms with Gasteiger partial charge in [0.15, 0.2) is 0 Å². The standard InChI is InChI=1S/C53H36/c1-53(2)51-38-17-7-6-16-35(38)28-31-46(51)50-40-19-9-8-18-39(40)47-32-37(29-30-45(47)52(50)53)49-43-22-12-10-20-41(43)48(42-21-11-13-23-44(42)49)36-26-24-34(25-27-36)33-14-4-3-5-15-33/h3-32H,1-2H3. The molecule has 0 nitrogen and oxygen atoms in total. The van der Waals surface area contributed by atoms with Crippen LogP contribution in [0.1, 0.15) is 25.0 Å². The molecule has 53 heavy (non-hydrogen) atoms. The van der Waals surface area contributed by atoms with E-state index in [1.807, 2.05) is 0 Å². The summed E-state index contributed by atoms with van der Waals surface area (Å²) in [4.78, 5) is 0. The summed E-state index contributed by atoms with van der Waals surface area (Å²) < 4.78 is 0. The fourth-order valence-corrected chi connectivity index (χ4v) is 9.76. The number of fused-ring (bicyclic) bond motifs is 12. The third-order valence-electron chi connectivity index (χ3n) is 12.0. The fraction of sp³-hybridized carbons (Fsp3) is 0.0566. The predicted molar refractivity (Wildman–Crippen MR) is 228 cm³/mol. The predicted octanol–water partition coefficient (Wildman–Crippen LogP) is 14.8. The molecule has 0 aliphatic heterocycles. The first-order valence-corrected chi connectivity index (χ1v) is 18.7. The lowest BCUT2D eigenvalue weighted by Crippen LogP contribution is -2.16. The molecule has 0 saturated carbocycles. The molecule has 11 rings (SSSR count). The van der Waals surface area contributed by atoms with Gasteiger partial charge in [-0.25, -0.2) is 0 Å². The average molecular weight is 673 g/mol. The average Bonchev–Trinajstić information content (AvgIpc) is 3.47. The summed E-state index contributed by atoms with van der Waals surface area (Å²) in [5, 5.41) is 13.1. The molecule has 0 aromatic heterocycles. The minimum absolute atomic E-state index is 0.160. The van der Waals surface area contributed by atoms with Crippen molar-refractivity contribution in [1.29, 1.82) is 0 Å². The van der Waals surface area contributed by atoms with Crippen molar-refractivity contribution in [3.05, 3.63) is 193 Å². The zero-order valence-corrected chi connectivity index (χ0v) is 29.8. The lowest BCUT2D eigenvalue weighted by atomic mass is 9.77. The minimum Gasteiger partial charge on any atom is -0.0622 e. The van der Waals surface area contributed by atoms with Crippen LogP contribution in [0.3, 0.4) is 0 Å². The first-order chi connectivity index (χ1) is 26.1. The Kier molecular flexibility index (Phi) is 6.40. The molecule has 0 spiro atoms. The second kappa shape index (κ2) is 11.2. The summed E-state index contributed by atoms with van der Waals surface area (Å²) in [6.45, 7) is 4.86. The molecule has 0 unspecified atom stereocenters. The van der Waals surface area contributed by atoms with Crippen LogP contribution in [0.4, 0.5) is 0 Å². The zero-order chi connectivity index (χ0) is 35.3. The molecule has 0 radical (unpaired) electrons. The normalized spacial score (nSPS) is 13.2. The van der Waals surface area contributed by atoms with E-state index in [0.717, 1.165) is 0 Å². The Labute approximate surface area is 309 Å². The second-order valence-corrected chi connectivity index (χ2v) is 15.2. The molecule has 0 fully saturated rings. The number of hydrogen-bond donors (Lipinski definition) is 0. The quantitative estimate of drug-likeness (QED) is 0.129. The van der Waals surface area contributed by atoms with E-state index in [1.54, 1.807) is 0 Å².